The minimum atomic E-state index is 0.717. The van der Waals surface area contributed by atoms with Gasteiger partial charge in [0.2, 0.25) is 0 Å². The molecule has 0 atom stereocenters. The lowest BCUT2D eigenvalue weighted by atomic mass is 10.2. The minimum Gasteiger partial charge on any atom is -0.366 e. The topological polar surface area (TPSA) is 24.9 Å². The van der Waals surface area contributed by atoms with Crippen LogP contribution in [-0.4, -0.2) is 4.98 Å². The van der Waals surface area contributed by atoms with Crippen molar-refractivity contribution in [3.05, 3.63) is 57.7 Å². The molecule has 2 rings (SSSR count). The number of anilines is 1. The maximum absolute atomic E-state index is 5.87. The Bertz CT molecular complexity index is 474. The molecule has 1 aromatic heterocycles. The van der Waals surface area contributed by atoms with Gasteiger partial charge in [0.25, 0.3) is 0 Å². The summed E-state index contributed by atoms with van der Waals surface area (Å²) in [5.74, 6) is 0.865. The monoisotopic (exact) mass is 296 g/mol. The summed E-state index contributed by atoms with van der Waals surface area (Å²) in [6, 6.07) is 11.5. The van der Waals surface area contributed by atoms with Crippen LogP contribution in [-0.2, 0) is 6.54 Å². The van der Waals surface area contributed by atoms with Crippen molar-refractivity contribution >= 4 is 33.3 Å². The number of pyridine rings is 1. The fourth-order valence-electron chi connectivity index (χ4n) is 1.32. The number of nitrogens with zero attached hydrogens (tertiary/aromatic N) is 1. The van der Waals surface area contributed by atoms with Gasteiger partial charge in [0, 0.05) is 22.2 Å². The van der Waals surface area contributed by atoms with Crippen molar-refractivity contribution in [2.75, 3.05) is 5.32 Å². The van der Waals surface area contributed by atoms with Gasteiger partial charge in [-0.05, 0) is 29.8 Å². The number of nitrogens with one attached hydrogen (secondary N) is 1. The van der Waals surface area contributed by atoms with E-state index in [4.69, 9.17) is 11.6 Å². The highest BCUT2D eigenvalue weighted by Gasteiger charge is 2.00. The summed E-state index contributed by atoms with van der Waals surface area (Å²) in [5, 5.41) is 3.97. The van der Waals surface area contributed by atoms with Crippen molar-refractivity contribution in [3.8, 4) is 0 Å². The zero-order valence-corrected chi connectivity index (χ0v) is 10.8. The van der Waals surface area contributed by atoms with Crippen molar-refractivity contribution in [2.24, 2.45) is 0 Å². The molecular weight excluding hydrogens is 288 g/mol. The standard InChI is InChI=1S/C12H10BrClN2/c13-11-7-10(14)5-4-9(11)8-16-12-3-1-2-6-15-12/h1-7H,8H2,(H,15,16). The van der Waals surface area contributed by atoms with Crippen LogP contribution in [0.15, 0.2) is 47.1 Å². The summed E-state index contributed by atoms with van der Waals surface area (Å²) in [7, 11) is 0. The fraction of sp³-hybridized carbons (Fsp3) is 0.0833. The molecule has 82 valence electrons. The Morgan fingerprint density at radius 2 is 2.12 bits per heavy atom. The van der Waals surface area contributed by atoms with E-state index in [-0.39, 0.29) is 0 Å². The molecule has 1 aromatic carbocycles. The number of hydrogen-bond donors (Lipinski definition) is 1. The highest BCUT2D eigenvalue weighted by Crippen LogP contribution is 2.22. The Kier molecular flexibility index (Phi) is 3.80. The van der Waals surface area contributed by atoms with Crippen LogP contribution in [0.1, 0.15) is 5.56 Å². The lowest BCUT2D eigenvalue weighted by Gasteiger charge is -2.07. The molecule has 0 radical (unpaired) electrons. The third-order valence-electron chi connectivity index (χ3n) is 2.14. The van der Waals surface area contributed by atoms with Crippen LogP contribution < -0.4 is 5.32 Å². The van der Waals surface area contributed by atoms with Gasteiger partial charge in [-0.3, -0.25) is 0 Å². The molecule has 0 aliphatic rings. The molecule has 2 aromatic rings. The van der Waals surface area contributed by atoms with Crippen LogP contribution in [0.3, 0.4) is 0 Å². The fourth-order valence-corrected chi connectivity index (χ4v) is 2.14. The first-order valence-electron chi connectivity index (χ1n) is 4.84. The Morgan fingerprint density at radius 1 is 1.25 bits per heavy atom. The number of aromatic nitrogens is 1. The van der Waals surface area contributed by atoms with Crippen molar-refractivity contribution in [1.29, 1.82) is 0 Å². The van der Waals surface area contributed by atoms with E-state index in [1.54, 1.807) is 6.20 Å². The Hall–Kier alpha value is -1.06. The van der Waals surface area contributed by atoms with Crippen molar-refractivity contribution in [1.82, 2.24) is 4.98 Å². The Morgan fingerprint density at radius 3 is 2.81 bits per heavy atom. The largest absolute Gasteiger partial charge is 0.366 e. The normalized spacial score (nSPS) is 10.1. The van der Waals surface area contributed by atoms with Crippen LogP contribution in [0.5, 0.6) is 0 Å². The van der Waals surface area contributed by atoms with Gasteiger partial charge >= 0.3 is 0 Å². The van der Waals surface area contributed by atoms with Crippen molar-refractivity contribution in [3.63, 3.8) is 0 Å². The third-order valence-corrected chi connectivity index (χ3v) is 3.11. The van der Waals surface area contributed by atoms with Gasteiger partial charge in [0.1, 0.15) is 5.82 Å². The van der Waals surface area contributed by atoms with Gasteiger partial charge in [-0.25, -0.2) is 4.98 Å². The van der Waals surface area contributed by atoms with Crippen LogP contribution in [0.4, 0.5) is 5.82 Å². The quantitative estimate of drug-likeness (QED) is 0.922. The van der Waals surface area contributed by atoms with E-state index in [0.717, 1.165) is 27.4 Å². The molecule has 16 heavy (non-hydrogen) atoms. The summed E-state index contributed by atoms with van der Waals surface area (Å²) >= 11 is 9.35. The minimum absolute atomic E-state index is 0.717. The molecule has 0 amide bonds. The van der Waals surface area contributed by atoms with Gasteiger partial charge in [-0.1, -0.05) is 39.7 Å². The maximum atomic E-state index is 5.87. The van der Waals surface area contributed by atoms with E-state index in [2.05, 4.69) is 26.2 Å². The summed E-state index contributed by atoms with van der Waals surface area (Å²) < 4.78 is 1.00. The zero-order chi connectivity index (χ0) is 11.4. The highest BCUT2D eigenvalue weighted by atomic mass is 79.9. The van der Waals surface area contributed by atoms with E-state index in [0.29, 0.717) is 0 Å². The van der Waals surface area contributed by atoms with E-state index >= 15 is 0 Å². The number of hydrogen-bond acceptors (Lipinski definition) is 2. The van der Waals surface area contributed by atoms with Crippen LogP contribution >= 0.6 is 27.5 Å². The molecule has 0 unspecified atom stereocenters. The first kappa shape index (κ1) is 11.4. The van der Waals surface area contributed by atoms with Crippen molar-refractivity contribution in [2.45, 2.75) is 6.54 Å². The second kappa shape index (κ2) is 5.32. The molecule has 0 saturated heterocycles. The molecular formula is C12H10BrClN2. The average Bonchev–Trinajstić information content (AvgIpc) is 2.29. The molecule has 4 heteroatoms. The Labute approximate surface area is 108 Å². The van der Waals surface area contributed by atoms with Gasteiger partial charge in [0.15, 0.2) is 0 Å². The summed E-state index contributed by atoms with van der Waals surface area (Å²) in [4.78, 5) is 4.19. The first-order chi connectivity index (χ1) is 7.75. The number of halogens is 2. The second-order valence-corrected chi connectivity index (χ2v) is 4.60. The van der Waals surface area contributed by atoms with E-state index < -0.39 is 0 Å². The van der Waals surface area contributed by atoms with E-state index in [9.17, 15) is 0 Å². The van der Waals surface area contributed by atoms with E-state index in [1.807, 2.05) is 36.4 Å². The SMILES string of the molecule is Clc1ccc(CNc2ccccn2)c(Br)c1. The average molecular weight is 298 g/mol. The maximum Gasteiger partial charge on any atom is 0.126 e. The van der Waals surface area contributed by atoms with Gasteiger partial charge in [-0.15, -0.1) is 0 Å². The number of rotatable bonds is 3. The molecule has 1 N–H and O–H groups in total. The number of benzene rings is 1. The van der Waals surface area contributed by atoms with Crippen LogP contribution in [0, 0.1) is 0 Å². The molecule has 0 saturated carbocycles. The smallest absolute Gasteiger partial charge is 0.126 e. The summed E-state index contributed by atoms with van der Waals surface area (Å²) in [5.41, 5.74) is 1.15. The molecule has 0 aliphatic heterocycles. The molecule has 0 bridgehead atoms. The van der Waals surface area contributed by atoms with Crippen molar-refractivity contribution < 1.29 is 0 Å². The van der Waals surface area contributed by atoms with Crippen LogP contribution in [0.2, 0.25) is 5.02 Å². The summed E-state index contributed by atoms with van der Waals surface area (Å²) in [6.45, 7) is 0.717. The Balaban J connectivity index is 2.05. The van der Waals surface area contributed by atoms with Gasteiger partial charge < -0.3 is 5.32 Å². The van der Waals surface area contributed by atoms with Gasteiger partial charge in [0.05, 0.1) is 0 Å². The first-order valence-corrected chi connectivity index (χ1v) is 6.01. The highest BCUT2D eigenvalue weighted by molar-refractivity contribution is 9.10. The van der Waals surface area contributed by atoms with Gasteiger partial charge in [-0.2, -0.15) is 0 Å². The molecule has 0 fully saturated rings. The lowest BCUT2D eigenvalue weighted by Crippen LogP contribution is -2.01. The lowest BCUT2D eigenvalue weighted by molar-refractivity contribution is 1.10. The molecule has 0 spiro atoms. The predicted octanol–water partition coefficient (Wildman–Crippen LogP) is 4.11. The summed E-state index contributed by atoms with van der Waals surface area (Å²) in [6.07, 6.45) is 1.76. The molecule has 2 nitrogen and oxygen atoms in total. The third kappa shape index (κ3) is 2.97. The molecule has 0 aliphatic carbocycles. The second-order valence-electron chi connectivity index (χ2n) is 3.30. The predicted molar refractivity (Wildman–Crippen MR) is 70.7 cm³/mol. The zero-order valence-electron chi connectivity index (χ0n) is 8.45. The molecule has 1 heterocycles. The van der Waals surface area contributed by atoms with E-state index in [1.165, 1.54) is 0 Å². The van der Waals surface area contributed by atoms with Crippen LogP contribution in [0.25, 0.3) is 0 Å².